The Balaban J connectivity index is 2.54. The van der Waals surface area contributed by atoms with E-state index in [-0.39, 0.29) is 6.03 Å². The van der Waals surface area contributed by atoms with Gasteiger partial charge in [0.05, 0.1) is 0 Å². The summed E-state index contributed by atoms with van der Waals surface area (Å²) in [5.74, 6) is 0.579. The molecule has 0 spiro atoms. The number of carbonyl (C=O) groups excluding carboxylic acids is 1. The van der Waals surface area contributed by atoms with Crippen molar-refractivity contribution >= 4 is 6.03 Å². The van der Waals surface area contributed by atoms with Crippen LogP contribution < -0.4 is 5.32 Å². The molecule has 2 amide bonds. The first kappa shape index (κ1) is 8.37. The Hall–Kier alpha value is -0.730. The van der Waals surface area contributed by atoms with Gasteiger partial charge in [-0.3, -0.25) is 0 Å². The lowest BCUT2D eigenvalue weighted by atomic mass is 10.1. The zero-order valence-electron chi connectivity index (χ0n) is 7.42. The van der Waals surface area contributed by atoms with E-state index in [4.69, 9.17) is 0 Å². The summed E-state index contributed by atoms with van der Waals surface area (Å²) in [7, 11) is 0. The van der Waals surface area contributed by atoms with Crippen LogP contribution in [0.25, 0.3) is 0 Å². The second-order valence-electron chi connectivity index (χ2n) is 3.54. The minimum Gasteiger partial charge on any atom is -0.338 e. The Kier molecular flexibility index (Phi) is 2.37. The van der Waals surface area contributed by atoms with Gasteiger partial charge in [0.25, 0.3) is 0 Å². The smallest absolute Gasteiger partial charge is 0.317 e. The Morgan fingerprint density at radius 1 is 1.64 bits per heavy atom. The predicted molar refractivity (Wildman–Crippen MR) is 44.4 cm³/mol. The molecule has 1 rings (SSSR count). The first-order valence-electron chi connectivity index (χ1n) is 4.15. The van der Waals surface area contributed by atoms with E-state index >= 15 is 0 Å². The summed E-state index contributed by atoms with van der Waals surface area (Å²) in [4.78, 5) is 13.1. The van der Waals surface area contributed by atoms with Gasteiger partial charge in [0, 0.05) is 19.1 Å². The van der Waals surface area contributed by atoms with Crippen LogP contribution in [-0.4, -0.2) is 30.1 Å². The third-order valence-corrected chi connectivity index (χ3v) is 1.99. The summed E-state index contributed by atoms with van der Waals surface area (Å²) < 4.78 is 0. The van der Waals surface area contributed by atoms with Crippen molar-refractivity contribution in [3.05, 3.63) is 0 Å². The van der Waals surface area contributed by atoms with Gasteiger partial charge in [-0.05, 0) is 19.8 Å². The largest absolute Gasteiger partial charge is 0.338 e. The number of nitrogens with one attached hydrogen (secondary N) is 1. The molecule has 1 unspecified atom stereocenters. The molecule has 1 fully saturated rings. The molecule has 1 aliphatic heterocycles. The van der Waals surface area contributed by atoms with Gasteiger partial charge in [0.15, 0.2) is 0 Å². The first-order chi connectivity index (χ1) is 5.11. The summed E-state index contributed by atoms with van der Waals surface area (Å²) in [6.07, 6.45) is 0. The third kappa shape index (κ3) is 1.85. The Labute approximate surface area is 67.8 Å². The Morgan fingerprint density at radius 3 is 2.73 bits per heavy atom. The standard InChI is InChI=1S/C8H16N2O/c1-6(2)10-5-7(3)4-9-8(10)11/h6-7H,4-5H2,1-3H3,(H,9,11). The van der Waals surface area contributed by atoms with E-state index < -0.39 is 0 Å². The third-order valence-electron chi connectivity index (χ3n) is 1.99. The van der Waals surface area contributed by atoms with E-state index in [0.29, 0.717) is 12.0 Å². The van der Waals surface area contributed by atoms with Crippen molar-refractivity contribution in [2.24, 2.45) is 5.92 Å². The van der Waals surface area contributed by atoms with Gasteiger partial charge in [0.2, 0.25) is 0 Å². The number of nitrogens with zero attached hydrogens (tertiary/aromatic N) is 1. The fourth-order valence-corrected chi connectivity index (χ4v) is 1.29. The predicted octanol–water partition coefficient (Wildman–Crippen LogP) is 1.06. The molecule has 0 aromatic heterocycles. The lowest BCUT2D eigenvalue weighted by Gasteiger charge is -2.34. The first-order valence-corrected chi connectivity index (χ1v) is 4.15. The zero-order chi connectivity index (χ0) is 8.43. The molecule has 64 valence electrons. The van der Waals surface area contributed by atoms with E-state index in [9.17, 15) is 4.79 Å². The van der Waals surface area contributed by atoms with E-state index in [1.165, 1.54) is 0 Å². The molecule has 3 heteroatoms. The fourth-order valence-electron chi connectivity index (χ4n) is 1.29. The lowest BCUT2D eigenvalue weighted by molar-refractivity contribution is 0.154. The minimum atomic E-state index is 0.0816. The van der Waals surface area contributed by atoms with Crippen LogP contribution in [-0.2, 0) is 0 Å². The van der Waals surface area contributed by atoms with E-state index in [1.54, 1.807) is 0 Å². The van der Waals surface area contributed by atoms with Crippen molar-refractivity contribution < 1.29 is 4.79 Å². The molecule has 0 radical (unpaired) electrons. The van der Waals surface area contributed by atoms with E-state index in [2.05, 4.69) is 12.2 Å². The van der Waals surface area contributed by atoms with Crippen molar-refractivity contribution in [1.82, 2.24) is 10.2 Å². The maximum atomic E-state index is 11.2. The highest BCUT2D eigenvalue weighted by Gasteiger charge is 2.23. The van der Waals surface area contributed by atoms with Crippen LogP contribution in [0.15, 0.2) is 0 Å². The zero-order valence-corrected chi connectivity index (χ0v) is 7.42. The highest BCUT2D eigenvalue weighted by Crippen LogP contribution is 2.08. The van der Waals surface area contributed by atoms with Crippen LogP contribution in [0.1, 0.15) is 20.8 Å². The summed E-state index contributed by atoms with van der Waals surface area (Å²) >= 11 is 0. The second-order valence-corrected chi connectivity index (χ2v) is 3.54. The SMILES string of the molecule is CC1CNC(=O)N(C(C)C)C1. The molecule has 0 aromatic rings. The van der Waals surface area contributed by atoms with Crippen molar-refractivity contribution in [3.8, 4) is 0 Å². The molecule has 3 nitrogen and oxygen atoms in total. The van der Waals surface area contributed by atoms with Crippen molar-refractivity contribution in [2.75, 3.05) is 13.1 Å². The summed E-state index contributed by atoms with van der Waals surface area (Å²) in [6.45, 7) is 7.94. The van der Waals surface area contributed by atoms with Gasteiger partial charge in [-0.2, -0.15) is 0 Å². The van der Waals surface area contributed by atoms with Crippen molar-refractivity contribution in [1.29, 1.82) is 0 Å². The molecule has 1 heterocycles. The minimum absolute atomic E-state index is 0.0816. The maximum absolute atomic E-state index is 11.2. The molecule has 0 bridgehead atoms. The van der Waals surface area contributed by atoms with Crippen LogP contribution in [0.4, 0.5) is 4.79 Å². The Morgan fingerprint density at radius 2 is 2.27 bits per heavy atom. The Bertz CT molecular complexity index is 156. The van der Waals surface area contributed by atoms with E-state index in [0.717, 1.165) is 13.1 Å². The summed E-state index contributed by atoms with van der Waals surface area (Å²) in [5, 5.41) is 2.85. The van der Waals surface area contributed by atoms with Crippen LogP contribution in [0.5, 0.6) is 0 Å². The number of rotatable bonds is 1. The molecule has 11 heavy (non-hydrogen) atoms. The van der Waals surface area contributed by atoms with Gasteiger partial charge in [-0.1, -0.05) is 6.92 Å². The maximum Gasteiger partial charge on any atom is 0.317 e. The normalized spacial score (nSPS) is 25.6. The highest BCUT2D eigenvalue weighted by atomic mass is 16.2. The lowest BCUT2D eigenvalue weighted by Crippen LogP contribution is -2.52. The van der Waals surface area contributed by atoms with Crippen molar-refractivity contribution in [2.45, 2.75) is 26.8 Å². The summed E-state index contributed by atoms with van der Waals surface area (Å²) in [6, 6.07) is 0.399. The quantitative estimate of drug-likeness (QED) is 0.605. The van der Waals surface area contributed by atoms with Crippen LogP contribution in [0.3, 0.4) is 0 Å². The number of hydrogen-bond donors (Lipinski definition) is 1. The number of carbonyl (C=O) groups is 1. The average molecular weight is 156 g/mol. The topological polar surface area (TPSA) is 32.3 Å². The van der Waals surface area contributed by atoms with Gasteiger partial charge in [-0.15, -0.1) is 0 Å². The molecule has 1 atom stereocenters. The van der Waals surface area contributed by atoms with Gasteiger partial charge in [-0.25, -0.2) is 4.79 Å². The van der Waals surface area contributed by atoms with Crippen LogP contribution >= 0.6 is 0 Å². The molecule has 1 saturated heterocycles. The van der Waals surface area contributed by atoms with Crippen molar-refractivity contribution in [3.63, 3.8) is 0 Å². The highest BCUT2D eigenvalue weighted by molar-refractivity contribution is 5.75. The van der Waals surface area contributed by atoms with Gasteiger partial charge >= 0.3 is 6.03 Å². The second kappa shape index (κ2) is 3.11. The van der Waals surface area contributed by atoms with E-state index in [1.807, 2.05) is 18.7 Å². The molecular weight excluding hydrogens is 140 g/mol. The number of hydrogen-bond acceptors (Lipinski definition) is 1. The van der Waals surface area contributed by atoms with Gasteiger partial charge in [0.1, 0.15) is 0 Å². The monoisotopic (exact) mass is 156 g/mol. The molecule has 0 saturated carbocycles. The average Bonchev–Trinajstić information content (AvgIpc) is 1.94. The number of amides is 2. The molecule has 1 N–H and O–H groups in total. The summed E-state index contributed by atoms with van der Waals surface area (Å²) in [5.41, 5.74) is 0. The van der Waals surface area contributed by atoms with Crippen LogP contribution in [0, 0.1) is 5.92 Å². The molecule has 0 aliphatic carbocycles. The fraction of sp³-hybridized carbons (Fsp3) is 0.875. The number of urea groups is 1. The van der Waals surface area contributed by atoms with Crippen LogP contribution in [0.2, 0.25) is 0 Å². The molecular formula is C8H16N2O. The van der Waals surface area contributed by atoms with Gasteiger partial charge < -0.3 is 10.2 Å². The molecule has 0 aromatic carbocycles. The molecule has 1 aliphatic rings.